The highest BCUT2D eigenvalue weighted by Crippen LogP contribution is 2.24. The summed E-state index contributed by atoms with van der Waals surface area (Å²) in [7, 11) is 1.39. The van der Waals surface area contributed by atoms with Crippen molar-refractivity contribution in [1.82, 2.24) is 0 Å². The molecule has 76 valence electrons. The number of ether oxygens (including phenoxy) is 1. The molecule has 4 heteroatoms. The minimum atomic E-state index is -0.265. The van der Waals surface area contributed by atoms with Crippen LogP contribution in [-0.2, 0) is 0 Å². The van der Waals surface area contributed by atoms with Gasteiger partial charge in [-0.1, -0.05) is 0 Å². The van der Waals surface area contributed by atoms with Crippen LogP contribution in [0.1, 0.15) is 33.2 Å². The van der Waals surface area contributed by atoms with Crippen LogP contribution in [0.3, 0.4) is 0 Å². The molecule has 0 spiro atoms. The molecule has 0 radical (unpaired) electrons. The van der Waals surface area contributed by atoms with Crippen LogP contribution in [0.25, 0.3) is 0 Å². The fourth-order valence-electron chi connectivity index (χ4n) is 1.33. The number of hydrogen-bond acceptors (Lipinski definition) is 4. The van der Waals surface area contributed by atoms with E-state index in [1.807, 2.05) is 6.07 Å². The number of aldehydes is 1. The van der Waals surface area contributed by atoms with Gasteiger partial charge in [0.05, 0.1) is 24.3 Å². The predicted molar refractivity (Wildman–Crippen MR) is 53.1 cm³/mol. The number of hydrogen-bond donors (Lipinski definition) is 0. The minimum absolute atomic E-state index is 0.179. The molecule has 0 aromatic heterocycles. The monoisotopic (exact) mass is 203 g/mol. The number of carbonyl (C=O) groups excluding carboxylic acids is 2. The molecule has 0 saturated heterocycles. The van der Waals surface area contributed by atoms with Crippen LogP contribution in [0.4, 0.5) is 0 Å². The molecule has 15 heavy (non-hydrogen) atoms. The van der Waals surface area contributed by atoms with Crippen molar-refractivity contribution in [2.75, 3.05) is 7.11 Å². The lowest BCUT2D eigenvalue weighted by molar-refractivity contribution is 0.100. The smallest absolute Gasteiger partial charge is 0.164 e. The number of Topliss-reactive ketones (excluding diaryl/α,β-unsaturated/α-hetero) is 1. The maximum absolute atomic E-state index is 11.3. The zero-order chi connectivity index (χ0) is 11.4. The van der Waals surface area contributed by atoms with Crippen molar-refractivity contribution in [2.45, 2.75) is 6.92 Å². The van der Waals surface area contributed by atoms with Gasteiger partial charge in [0.25, 0.3) is 0 Å². The summed E-state index contributed by atoms with van der Waals surface area (Å²) in [5, 5.41) is 8.70. The van der Waals surface area contributed by atoms with Gasteiger partial charge in [0.2, 0.25) is 0 Å². The summed E-state index contributed by atoms with van der Waals surface area (Å²) in [4.78, 5) is 22.0. The summed E-state index contributed by atoms with van der Waals surface area (Å²) in [6.07, 6.45) is 0.542. The summed E-state index contributed by atoms with van der Waals surface area (Å²) in [6.45, 7) is 1.34. The van der Waals surface area contributed by atoms with E-state index >= 15 is 0 Å². The molecule has 0 heterocycles. The van der Waals surface area contributed by atoms with Gasteiger partial charge in [0, 0.05) is 5.56 Å². The number of benzene rings is 1. The Morgan fingerprint density at radius 2 is 2.20 bits per heavy atom. The van der Waals surface area contributed by atoms with E-state index in [2.05, 4.69) is 0 Å². The maximum atomic E-state index is 11.3. The molecular formula is C11H9NO3. The average molecular weight is 203 g/mol. The Kier molecular flexibility index (Phi) is 3.19. The SMILES string of the molecule is COc1cc(C#N)cc(C=O)c1C(C)=O. The van der Waals surface area contributed by atoms with Crippen LogP contribution >= 0.6 is 0 Å². The lowest BCUT2D eigenvalue weighted by Crippen LogP contribution is -2.03. The number of methoxy groups -OCH3 is 1. The molecule has 0 amide bonds. The number of nitriles is 1. The Balaban J connectivity index is 3.54. The van der Waals surface area contributed by atoms with Gasteiger partial charge in [-0.2, -0.15) is 5.26 Å². The van der Waals surface area contributed by atoms with Crippen LogP contribution in [0.15, 0.2) is 12.1 Å². The van der Waals surface area contributed by atoms with Crippen molar-refractivity contribution in [3.05, 3.63) is 28.8 Å². The normalized spacial score (nSPS) is 9.13. The summed E-state index contributed by atoms with van der Waals surface area (Å²) < 4.78 is 4.96. The van der Waals surface area contributed by atoms with Gasteiger partial charge in [-0.05, 0) is 19.1 Å². The van der Waals surface area contributed by atoms with E-state index in [4.69, 9.17) is 10.00 Å². The van der Waals surface area contributed by atoms with Gasteiger partial charge >= 0.3 is 0 Å². The molecule has 0 unspecified atom stereocenters. The molecule has 0 aliphatic rings. The number of carbonyl (C=O) groups is 2. The summed E-state index contributed by atoms with van der Waals surface area (Å²) >= 11 is 0. The fraction of sp³-hybridized carbons (Fsp3) is 0.182. The van der Waals surface area contributed by atoms with Gasteiger partial charge < -0.3 is 4.74 Å². The molecule has 0 aliphatic carbocycles. The highest BCUT2D eigenvalue weighted by Gasteiger charge is 2.14. The highest BCUT2D eigenvalue weighted by atomic mass is 16.5. The molecular weight excluding hydrogens is 194 g/mol. The van der Waals surface area contributed by atoms with Crippen LogP contribution in [0.2, 0.25) is 0 Å². The summed E-state index contributed by atoms with van der Waals surface area (Å²) in [5.74, 6) is -0.0120. The number of rotatable bonds is 3. The first kappa shape index (κ1) is 10.9. The third-order valence-corrected chi connectivity index (χ3v) is 1.96. The van der Waals surface area contributed by atoms with E-state index in [1.54, 1.807) is 0 Å². The second kappa shape index (κ2) is 4.38. The van der Waals surface area contributed by atoms with Crippen LogP contribution in [0, 0.1) is 11.3 Å². The molecule has 1 aromatic rings. The zero-order valence-corrected chi connectivity index (χ0v) is 8.40. The quantitative estimate of drug-likeness (QED) is 0.552. The van der Waals surface area contributed by atoms with Crippen molar-refractivity contribution in [3.63, 3.8) is 0 Å². The van der Waals surface area contributed by atoms with Gasteiger partial charge in [0.1, 0.15) is 5.75 Å². The maximum Gasteiger partial charge on any atom is 0.164 e. The van der Waals surface area contributed by atoms with E-state index < -0.39 is 0 Å². The molecule has 0 bridgehead atoms. The Hall–Kier alpha value is -2.15. The Morgan fingerprint density at radius 3 is 2.60 bits per heavy atom. The first-order valence-electron chi connectivity index (χ1n) is 4.22. The third-order valence-electron chi connectivity index (χ3n) is 1.96. The number of nitrogens with zero attached hydrogens (tertiary/aromatic N) is 1. The topological polar surface area (TPSA) is 67.2 Å². The van der Waals surface area contributed by atoms with Crippen molar-refractivity contribution in [3.8, 4) is 11.8 Å². The number of ketones is 1. The molecule has 0 N–H and O–H groups in total. The molecule has 0 fully saturated rings. The van der Waals surface area contributed by atoms with E-state index in [9.17, 15) is 9.59 Å². The summed E-state index contributed by atoms with van der Waals surface area (Å²) in [5.41, 5.74) is 0.684. The second-order valence-electron chi connectivity index (χ2n) is 2.93. The highest BCUT2D eigenvalue weighted by molar-refractivity contribution is 6.04. The fourth-order valence-corrected chi connectivity index (χ4v) is 1.33. The van der Waals surface area contributed by atoms with E-state index in [0.717, 1.165) is 0 Å². The van der Waals surface area contributed by atoms with Crippen LogP contribution < -0.4 is 4.74 Å². The van der Waals surface area contributed by atoms with E-state index in [0.29, 0.717) is 11.8 Å². The minimum Gasteiger partial charge on any atom is -0.496 e. The van der Waals surface area contributed by atoms with Gasteiger partial charge in [-0.25, -0.2) is 0 Å². The van der Waals surface area contributed by atoms with Crippen molar-refractivity contribution < 1.29 is 14.3 Å². The molecule has 0 saturated carbocycles. The van der Waals surface area contributed by atoms with Crippen molar-refractivity contribution >= 4 is 12.1 Å². The Morgan fingerprint density at radius 1 is 1.53 bits per heavy atom. The molecule has 4 nitrogen and oxygen atoms in total. The van der Waals surface area contributed by atoms with Gasteiger partial charge in [-0.3, -0.25) is 9.59 Å². The standard InChI is InChI=1S/C11H9NO3/c1-7(14)11-9(6-13)3-8(5-12)4-10(11)15-2/h3-4,6H,1-2H3. The van der Waals surface area contributed by atoms with Crippen LogP contribution in [0.5, 0.6) is 5.75 Å². The molecule has 1 rings (SSSR count). The van der Waals surface area contributed by atoms with Crippen molar-refractivity contribution in [1.29, 1.82) is 5.26 Å². The molecule has 1 aromatic carbocycles. The lowest BCUT2D eigenvalue weighted by Gasteiger charge is -2.08. The van der Waals surface area contributed by atoms with E-state index in [-0.39, 0.29) is 22.7 Å². The first-order valence-corrected chi connectivity index (χ1v) is 4.22. The zero-order valence-electron chi connectivity index (χ0n) is 8.40. The summed E-state index contributed by atoms with van der Waals surface area (Å²) in [6, 6.07) is 4.69. The van der Waals surface area contributed by atoms with Crippen molar-refractivity contribution in [2.24, 2.45) is 0 Å². The second-order valence-corrected chi connectivity index (χ2v) is 2.93. The first-order chi connectivity index (χ1) is 7.13. The van der Waals surface area contributed by atoms with Gasteiger partial charge in [-0.15, -0.1) is 0 Å². The Bertz CT molecular complexity index is 458. The largest absolute Gasteiger partial charge is 0.496 e. The van der Waals surface area contributed by atoms with E-state index in [1.165, 1.54) is 26.2 Å². The van der Waals surface area contributed by atoms with Gasteiger partial charge in [0.15, 0.2) is 12.1 Å². The predicted octanol–water partition coefficient (Wildman–Crippen LogP) is 1.58. The average Bonchev–Trinajstić information content (AvgIpc) is 2.26. The third kappa shape index (κ3) is 2.02. The van der Waals surface area contributed by atoms with Crippen LogP contribution in [-0.4, -0.2) is 19.2 Å². The molecule has 0 atom stereocenters. The lowest BCUT2D eigenvalue weighted by atomic mass is 10.0. The Labute approximate surface area is 87.1 Å². The molecule has 0 aliphatic heterocycles.